The van der Waals surface area contributed by atoms with Gasteiger partial charge >= 0.3 is 36.0 Å². The molecule has 0 bridgehead atoms. The average Bonchev–Trinajstić information content (AvgIpc) is 3.49. The van der Waals surface area contributed by atoms with Crippen LogP contribution in [0.15, 0.2) is 55.6 Å². The summed E-state index contributed by atoms with van der Waals surface area (Å²) in [6, 6.07) is 3.31. The second-order valence-corrected chi connectivity index (χ2v) is 12.8. The monoisotopic (exact) mass is 844 g/mol. The molecule has 4 amide bonds. The summed E-state index contributed by atoms with van der Waals surface area (Å²) in [5.74, 6) is -32.6. The number of halogens is 14. The van der Waals surface area contributed by atoms with Crippen LogP contribution in [0.25, 0.3) is 32.3 Å². The third kappa shape index (κ3) is 4.94. The quantitative estimate of drug-likeness (QED) is 0.174. The largest absolute Gasteiger partial charge is 0.459 e. The van der Waals surface area contributed by atoms with Gasteiger partial charge in [-0.15, -0.1) is 0 Å². The van der Waals surface area contributed by atoms with Gasteiger partial charge in [-0.05, 0) is 36.4 Å². The molecule has 4 heterocycles. The minimum absolute atomic E-state index is 0.122. The number of hydrogen-bond donors (Lipinski definition) is 0. The van der Waals surface area contributed by atoms with Crippen molar-refractivity contribution in [3.05, 3.63) is 100 Å². The third-order valence-corrected chi connectivity index (χ3v) is 9.46. The summed E-state index contributed by atoms with van der Waals surface area (Å²) in [7, 11) is 0. The fourth-order valence-electron chi connectivity index (χ4n) is 6.58. The summed E-state index contributed by atoms with van der Waals surface area (Å²) in [6.07, 6.45) is -13.7. The van der Waals surface area contributed by atoms with Gasteiger partial charge in [0.05, 0.1) is 45.8 Å². The maximum absolute atomic E-state index is 14.3. The first-order valence-electron chi connectivity index (χ1n) is 15.3. The molecule has 304 valence electrons. The van der Waals surface area contributed by atoms with E-state index in [1.165, 1.54) is 0 Å². The molecular formula is C32H10F14N4O8. The van der Waals surface area contributed by atoms with Gasteiger partial charge in [-0.25, -0.2) is 0 Å². The summed E-state index contributed by atoms with van der Waals surface area (Å²) in [4.78, 5) is 106. The molecule has 0 saturated carbocycles. The second kappa shape index (κ2) is 11.6. The Hall–Kier alpha value is -6.50. The van der Waals surface area contributed by atoms with E-state index < -0.39 is 159 Å². The van der Waals surface area contributed by atoms with Crippen molar-refractivity contribution >= 4 is 55.9 Å². The number of nitrogens with zero attached hydrogens (tertiary/aromatic N) is 4. The summed E-state index contributed by atoms with van der Waals surface area (Å²) in [6.45, 7) is -5.60. The van der Waals surface area contributed by atoms with Crippen LogP contribution in [0.1, 0.15) is 41.4 Å². The Morgan fingerprint density at radius 3 is 1.07 bits per heavy atom. The zero-order chi connectivity index (χ0) is 43.4. The normalized spacial score (nSPS) is 15.9. The van der Waals surface area contributed by atoms with Crippen LogP contribution >= 0.6 is 0 Å². The maximum Gasteiger partial charge on any atom is 0.459 e. The molecule has 0 radical (unpaired) electrons. The molecule has 2 aromatic heterocycles. The molecule has 5 aromatic rings. The molecule has 2 aliphatic rings. The van der Waals surface area contributed by atoms with Crippen LogP contribution in [0.5, 0.6) is 0 Å². The van der Waals surface area contributed by atoms with Gasteiger partial charge in [-0.2, -0.15) is 71.2 Å². The van der Waals surface area contributed by atoms with Gasteiger partial charge in [-0.3, -0.25) is 47.8 Å². The van der Waals surface area contributed by atoms with Crippen molar-refractivity contribution in [2.75, 3.05) is 11.6 Å². The van der Waals surface area contributed by atoms with E-state index in [0.29, 0.717) is 36.4 Å². The van der Waals surface area contributed by atoms with Crippen molar-refractivity contribution in [1.82, 2.24) is 14.1 Å². The fourth-order valence-corrected chi connectivity index (χ4v) is 6.58. The molecule has 12 nitrogen and oxygen atoms in total. The van der Waals surface area contributed by atoms with Crippen LogP contribution in [-0.4, -0.2) is 80.4 Å². The number of carbonyl (C=O) groups excluding carboxylic acids is 4. The van der Waals surface area contributed by atoms with Crippen LogP contribution in [0, 0.1) is 0 Å². The highest BCUT2D eigenvalue weighted by Gasteiger charge is 2.74. The number of imide groups is 2. The molecule has 0 unspecified atom stereocenters. The molecule has 26 heteroatoms. The Balaban J connectivity index is 1.31. The van der Waals surface area contributed by atoms with E-state index in [2.05, 4.69) is 0 Å². The van der Waals surface area contributed by atoms with Gasteiger partial charge in [0.25, 0.3) is 45.9 Å². The molecule has 0 spiro atoms. The van der Waals surface area contributed by atoms with E-state index in [-0.39, 0.29) is 9.69 Å². The Bertz CT molecular complexity index is 2820. The molecule has 0 fully saturated rings. The lowest BCUT2D eigenvalue weighted by atomic mass is 9.86. The number of rotatable bonds is 7. The molecule has 0 N–H and O–H groups in total. The predicted octanol–water partition coefficient (Wildman–Crippen LogP) is 4.26. The first-order chi connectivity index (χ1) is 26.4. The number of carbonyl (C=O) groups is 4. The first kappa shape index (κ1) is 39.7. The van der Waals surface area contributed by atoms with E-state index in [1.807, 2.05) is 0 Å². The Morgan fingerprint density at radius 2 is 0.724 bits per heavy atom. The summed E-state index contributed by atoms with van der Waals surface area (Å²) >= 11 is 0. The Morgan fingerprint density at radius 1 is 0.414 bits per heavy atom. The second-order valence-electron chi connectivity index (χ2n) is 12.8. The van der Waals surface area contributed by atoms with E-state index in [1.54, 1.807) is 0 Å². The lowest BCUT2D eigenvalue weighted by molar-refractivity contribution is -0.357. The molecule has 0 aliphatic carbocycles. The lowest BCUT2D eigenvalue weighted by Gasteiger charge is -2.35. The van der Waals surface area contributed by atoms with Gasteiger partial charge in [0.2, 0.25) is 0 Å². The molecule has 0 atom stereocenters. The van der Waals surface area contributed by atoms with Gasteiger partial charge in [0.1, 0.15) is 0 Å². The molecule has 3 aromatic carbocycles. The first-order valence-corrected chi connectivity index (χ1v) is 15.3. The van der Waals surface area contributed by atoms with E-state index in [4.69, 9.17) is 0 Å². The highest BCUT2D eigenvalue weighted by Crippen LogP contribution is 2.49. The minimum Gasteiger partial charge on any atom is -0.269 e. The molecule has 2 aliphatic heterocycles. The van der Waals surface area contributed by atoms with Gasteiger partial charge in [-0.1, -0.05) is 0 Å². The van der Waals surface area contributed by atoms with Crippen molar-refractivity contribution in [2.24, 2.45) is 0 Å². The van der Waals surface area contributed by atoms with Crippen LogP contribution < -0.4 is 27.2 Å². The van der Waals surface area contributed by atoms with Crippen LogP contribution in [0.2, 0.25) is 0 Å². The lowest BCUT2D eigenvalue weighted by Crippen LogP contribution is -2.59. The summed E-state index contributed by atoms with van der Waals surface area (Å²) < 4.78 is 187. The topological polar surface area (TPSA) is 153 Å². The van der Waals surface area contributed by atoms with Crippen molar-refractivity contribution < 1.29 is 80.6 Å². The SMILES string of the molecule is O=C1c2ccc3c4c(ccc(c24)C(=O)N1CC(F)(F)C(F)(F)C(F)(F)F)C(=O)N(n1c(=O)c2cc4c(=O)n(CC(F)(F)C(F)(F)C(F)(F)F)c(=O)c4cc2c1=O)C3=O. The minimum atomic E-state index is -6.84. The van der Waals surface area contributed by atoms with Gasteiger partial charge in [0, 0.05) is 21.9 Å². The number of benzene rings is 3. The Labute approximate surface area is 305 Å². The highest BCUT2D eigenvalue weighted by molar-refractivity contribution is 6.37. The maximum atomic E-state index is 14.3. The van der Waals surface area contributed by atoms with Crippen molar-refractivity contribution in [3.63, 3.8) is 0 Å². The van der Waals surface area contributed by atoms with E-state index in [9.17, 15) is 99.8 Å². The Kier molecular flexibility index (Phi) is 7.91. The van der Waals surface area contributed by atoms with Crippen molar-refractivity contribution in [2.45, 2.75) is 42.6 Å². The predicted molar refractivity (Wildman–Crippen MR) is 163 cm³/mol. The van der Waals surface area contributed by atoms with Crippen LogP contribution in [0.4, 0.5) is 61.5 Å². The zero-order valence-corrected chi connectivity index (χ0v) is 27.2. The summed E-state index contributed by atoms with van der Waals surface area (Å²) in [5.41, 5.74) is -10.3. The number of fused-ring (bicyclic) bond motifs is 2. The average molecular weight is 844 g/mol. The summed E-state index contributed by atoms with van der Waals surface area (Å²) in [5, 5.41) is -5.37. The molecule has 7 rings (SSSR count). The number of aromatic nitrogens is 2. The van der Waals surface area contributed by atoms with Gasteiger partial charge in [0.15, 0.2) is 0 Å². The van der Waals surface area contributed by atoms with E-state index >= 15 is 0 Å². The van der Waals surface area contributed by atoms with E-state index in [0.717, 1.165) is 0 Å². The van der Waals surface area contributed by atoms with Crippen molar-refractivity contribution in [3.8, 4) is 0 Å². The van der Waals surface area contributed by atoms with Crippen LogP contribution in [0.3, 0.4) is 0 Å². The molecule has 58 heavy (non-hydrogen) atoms. The molecule has 0 saturated heterocycles. The number of hydrogen-bond acceptors (Lipinski definition) is 8. The number of amides is 4. The van der Waals surface area contributed by atoms with Crippen molar-refractivity contribution in [1.29, 1.82) is 0 Å². The highest BCUT2D eigenvalue weighted by atomic mass is 19.4. The smallest absolute Gasteiger partial charge is 0.269 e. The van der Waals surface area contributed by atoms with Crippen LogP contribution in [-0.2, 0) is 6.54 Å². The molecular weight excluding hydrogens is 834 g/mol. The number of alkyl halides is 14. The zero-order valence-electron chi connectivity index (χ0n) is 27.2. The fraction of sp³-hybridized carbons (Fsp3) is 0.250. The third-order valence-electron chi connectivity index (χ3n) is 9.46. The van der Waals surface area contributed by atoms with Gasteiger partial charge < -0.3 is 0 Å². The standard InChI is InChI=1S/C32H10F14N4O8/c33-27(34,29(37,38)31(41,42)43)7-47-19(51)9-1-3-11-18-12(4-2-10(17(9)18)20(47)52)24(56)49(23(11)55)50-25(57)15-5-13-14(6-16(15)26(50)58)22(54)48(21(13)53)8-28(35,36)30(39,40)32(44,45)46/h1-6H,7-8H2.